The standard InChI is InChI=1S/C27H29BrN6O5/c28-20-5-16(4-19(9-20)27(15-29)2-1-3-27)17(8-24(37)38)7-22(35)12-31-25(39)18-6-21(11-30-10-18)34-26-32-13-23(36)14-33-26/h4-6,9-11,17,23,36H,1-3,7-8,12-14H2,(H,31,39)(H,37,38)(H2,32,33,34)/t17-/m0/s1. The summed E-state index contributed by atoms with van der Waals surface area (Å²) in [5.74, 6) is -2.03. The fourth-order valence-corrected chi connectivity index (χ4v) is 5.16. The van der Waals surface area contributed by atoms with Crippen molar-refractivity contribution in [2.45, 2.75) is 49.5 Å². The molecule has 0 bridgehead atoms. The lowest BCUT2D eigenvalue weighted by molar-refractivity contribution is -0.137. The third-order valence-electron chi connectivity index (χ3n) is 6.93. The summed E-state index contributed by atoms with van der Waals surface area (Å²) in [6, 6.07) is 9.46. The number of hydrogen-bond donors (Lipinski definition) is 5. The number of aliphatic imine (C=N–C) groups is 1. The highest BCUT2D eigenvalue weighted by atomic mass is 79.9. The van der Waals surface area contributed by atoms with Gasteiger partial charge in [-0.1, -0.05) is 22.0 Å². The molecule has 0 spiro atoms. The van der Waals surface area contributed by atoms with E-state index in [1.165, 1.54) is 12.4 Å². The van der Waals surface area contributed by atoms with Crippen LogP contribution < -0.4 is 16.0 Å². The number of hydrogen-bond acceptors (Lipinski definition) is 9. The average Bonchev–Trinajstić information content (AvgIpc) is 2.87. The summed E-state index contributed by atoms with van der Waals surface area (Å²) >= 11 is 3.47. The largest absolute Gasteiger partial charge is 0.481 e. The van der Waals surface area contributed by atoms with Crippen LogP contribution in [0.25, 0.3) is 0 Å². The second-order valence-corrected chi connectivity index (χ2v) is 10.8. The molecule has 2 heterocycles. The van der Waals surface area contributed by atoms with Crippen LogP contribution in [-0.2, 0) is 15.0 Å². The van der Waals surface area contributed by atoms with E-state index in [1.54, 1.807) is 12.1 Å². The molecular weight excluding hydrogens is 568 g/mol. The highest BCUT2D eigenvalue weighted by molar-refractivity contribution is 9.10. The SMILES string of the molecule is N#CC1(c2cc(Br)cc([C@H](CC(=O)O)CC(=O)CNC(=O)c3cncc(NC4=NCC(O)CN4)c3)c2)CCC1. The van der Waals surface area contributed by atoms with Gasteiger partial charge in [-0.05, 0) is 48.6 Å². The van der Waals surface area contributed by atoms with E-state index in [0.29, 0.717) is 23.8 Å². The zero-order chi connectivity index (χ0) is 28.0. The number of pyridine rings is 1. The molecule has 5 N–H and O–H groups in total. The van der Waals surface area contributed by atoms with Gasteiger partial charge < -0.3 is 26.2 Å². The average molecular weight is 597 g/mol. The molecule has 2 aromatic rings. The number of carbonyl (C=O) groups excluding carboxylic acids is 2. The summed E-state index contributed by atoms with van der Waals surface area (Å²) in [5, 5.41) is 37.3. The molecule has 1 aromatic carbocycles. The van der Waals surface area contributed by atoms with Crippen molar-refractivity contribution in [1.29, 1.82) is 5.26 Å². The summed E-state index contributed by atoms with van der Waals surface area (Å²) < 4.78 is 0.722. The number of halogens is 1. The van der Waals surface area contributed by atoms with Crippen LogP contribution in [-0.4, -0.2) is 64.6 Å². The van der Waals surface area contributed by atoms with Crippen LogP contribution in [0.1, 0.15) is 59.5 Å². The summed E-state index contributed by atoms with van der Waals surface area (Å²) in [4.78, 5) is 45.4. The van der Waals surface area contributed by atoms with Gasteiger partial charge in [0.2, 0.25) is 0 Å². The first-order valence-electron chi connectivity index (χ1n) is 12.6. The van der Waals surface area contributed by atoms with Crippen molar-refractivity contribution in [2.75, 3.05) is 25.0 Å². The van der Waals surface area contributed by atoms with Crippen molar-refractivity contribution in [3.05, 3.63) is 57.8 Å². The van der Waals surface area contributed by atoms with Crippen LogP contribution in [0.3, 0.4) is 0 Å². The lowest BCUT2D eigenvalue weighted by Crippen LogP contribution is -2.42. The van der Waals surface area contributed by atoms with Crippen molar-refractivity contribution in [3.63, 3.8) is 0 Å². The minimum absolute atomic E-state index is 0.0841. The maximum atomic E-state index is 12.8. The number of carboxylic acids is 1. The smallest absolute Gasteiger partial charge is 0.303 e. The van der Waals surface area contributed by atoms with Gasteiger partial charge in [-0.3, -0.25) is 24.4 Å². The zero-order valence-electron chi connectivity index (χ0n) is 21.1. The summed E-state index contributed by atoms with van der Waals surface area (Å²) in [5.41, 5.74) is 1.64. The maximum Gasteiger partial charge on any atom is 0.303 e. The second kappa shape index (κ2) is 12.4. The number of amides is 1. The summed E-state index contributed by atoms with van der Waals surface area (Å²) in [6.07, 6.45) is 4.42. The fourth-order valence-electron chi connectivity index (χ4n) is 4.65. The van der Waals surface area contributed by atoms with E-state index in [9.17, 15) is 29.9 Å². The Labute approximate surface area is 233 Å². The number of carbonyl (C=O) groups is 3. The number of benzene rings is 1. The van der Waals surface area contributed by atoms with E-state index in [2.05, 4.69) is 47.9 Å². The quantitative estimate of drug-likeness (QED) is 0.275. The highest BCUT2D eigenvalue weighted by Crippen LogP contribution is 2.45. The Morgan fingerprint density at radius 1 is 1.21 bits per heavy atom. The molecule has 1 amide bonds. The number of Topliss-reactive ketones (excluding diaryl/α,β-unsaturated/α-hetero) is 1. The van der Waals surface area contributed by atoms with E-state index >= 15 is 0 Å². The number of rotatable bonds is 10. The molecule has 1 aliphatic carbocycles. The predicted octanol–water partition coefficient (Wildman–Crippen LogP) is 2.47. The first-order valence-corrected chi connectivity index (χ1v) is 13.4. The van der Waals surface area contributed by atoms with Gasteiger partial charge in [0.15, 0.2) is 11.7 Å². The third kappa shape index (κ3) is 7.19. The van der Waals surface area contributed by atoms with E-state index in [1.807, 2.05) is 12.1 Å². The first-order chi connectivity index (χ1) is 18.7. The van der Waals surface area contributed by atoms with Gasteiger partial charge in [0, 0.05) is 29.6 Å². The Morgan fingerprint density at radius 2 is 2.00 bits per heavy atom. The van der Waals surface area contributed by atoms with Crippen molar-refractivity contribution in [3.8, 4) is 6.07 Å². The molecule has 2 aliphatic rings. The van der Waals surface area contributed by atoms with E-state index in [4.69, 9.17) is 0 Å². The lowest BCUT2D eigenvalue weighted by Gasteiger charge is -2.36. The Kier molecular flexibility index (Phi) is 8.93. The molecule has 39 heavy (non-hydrogen) atoms. The molecule has 11 nitrogen and oxygen atoms in total. The number of aliphatic hydroxyl groups is 1. The number of aliphatic hydroxyl groups excluding tert-OH is 1. The monoisotopic (exact) mass is 596 g/mol. The molecule has 1 aliphatic heterocycles. The van der Waals surface area contributed by atoms with Crippen LogP contribution in [0.4, 0.5) is 5.69 Å². The van der Waals surface area contributed by atoms with Crippen molar-refractivity contribution in [2.24, 2.45) is 4.99 Å². The van der Waals surface area contributed by atoms with Crippen molar-refractivity contribution in [1.82, 2.24) is 15.6 Å². The zero-order valence-corrected chi connectivity index (χ0v) is 22.7. The normalized spacial score (nSPS) is 18.4. The van der Waals surface area contributed by atoms with E-state index < -0.39 is 29.3 Å². The molecule has 2 atom stereocenters. The highest BCUT2D eigenvalue weighted by Gasteiger charge is 2.39. The molecule has 12 heteroatoms. The summed E-state index contributed by atoms with van der Waals surface area (Å²) in [6.45, 7) is 0.334. The van der Waals surface area contributed by atoms with E-state index in [-0.39, 0.29) is 37.3 Å². The van der Waals surface area contributed by atoms with Crippen LogP contribution >= 0.6 is 15.9 Å². The van der Waals surface area contributed by atoms with Crippen molar-refractivity contribution >= 4 is 45.2 Å². The molecule has 0 radical (unpaired) electrons. The van der Waals surface area contributed by atoms with Gasteiger partial charge in [-0.15, -0.1) is 0 Å². The van der Waals surface area contributed by atoms with Crippen LogP contribution in [0.2, 0.25) is 0 Å². The maximum absolute atomic E-state index is 12.8. The van der Waals surface area contributed by atoms with Crippen molar-refractivity contribution < 1.29 is 24.6 Å². The topological polar surface area (TPSA) is 177 Å². The number of anilines is 1. The Bertz CT molecular complexity index is 1340. The number of carboxylic acid groups (broad SMARTS) is 1. The Balaban J connectivity index is 1.39. The van der Waals surface area contributed by atoms with Crippen LogP contribution in [0.15, 0.2) is 46.1 Å². The molecule has 1 fully saturated rings. The number of ketones is 1. The molecule has 1 aromatic heterocycles. The minimum Gasteiger partial charge on any atom is -0.481 e. The second-order valence-electron chi connectivity index (χ2n) is 9.85. The number of β-amino-alcohol motifs (C(OH)–C–C–N with tert-alkyl or cyclic N) is 1. The fraction of sp³-hybridized carbons (Fsp3) is 0.407. The number of guanidine groups is 1. The molecule has 204 valence electrons. The lowest BCUT2D eigenvalue weighted by atomic mass is 9.65. The van der Waals surface area contributed by atoms with Gasteiger partial charge in [-0.25, -0.2) is 0 Å². The van der Waals surface area contributed by atoms with Gasteiger partial charge in [0.1, 0.15) is 0 Å². The Hall–Kier alpha value is -3.82. The number of aliphatic carboxylic acids is 1. The number of aromatic nitrogens is 1. The first kappa shape index (κ1) is 28.2. The molecule has 4 rings (SSSR count). The van der Waals surface area contributed by atoms with E-state index in [0.717, 1.165) is 29.3 Å². The number of nitriles is 1. The number of nitrogens with one attached hydrogen (secondary N) is 3. The molecular formula is C27H29BrN6O5. The van der Waals surface area contributed by atoms with Gasteiger partial charge in [0.05, 0.1) is 54.5 Å². The van der Waals surface area contributed by atoms with Crippen LogP contribution in [0.5, 0.6) is 0 Å². The predicted molar refractivity (Wildman–Crippen MR) is 146 cm³/mol. The molecule has 0 saturated heterocycles. The molecule has 1 unspecified atom stereocenters. The summed E-state index contributed by atoms with van der Waals surface area (Å²) in [7, 11) is 0. The third-order valence-corrected chi connectivity index (χ3v) is 7.39. The van der Waals surface area contributed by atoms with Crippen LogP contribution in [0, 0.1) is 11.3 Å². The van der Waals surface area contributed by atoms with Gasteiger partial charge >= 0.3 is 5.97 Å². The van der Waals surface area contributed by atoms with Gasteiger partial charge in [-0.2, -0.15) is 5.26 Å². The molecule has 1 saturated carbocycles. The minimum atomic E-state index is -1.04. The van der Waals surface area contributed by atoms with Gasteiger partial charge in [0.25, 0.3) is 5.91 Å². The Morgan fingerprint density at radius 3 is 2.64 bits per heavy atom. The number of nitrogens with zero attached hydrogens (tertiary/aromatic N) is 3.